The monoisotopic (exact) mass is 435 g/mol. The number of imidazole rings is 1. The molecule has 4 rings (SSSR count). The van der Waals surface area contributed by atoms with Crippen LogP contribution in [0, 0.1) is 5.92 Å². The number of hydrogen-bond donors (Lipinski definition) is 0. The van der Waals surface area contributed by atoms with Crippen LogP contribution in [-0.4, -0.2) is 54.5 Å². The van der Waals surface area contributed by atoms with Gasteiger partial charge in [0.1, 0.15) is 12.4 Å². The smallest absolute Gasteiger partial charge is 0.309 e. The van der Waals surface area contributed by atoms with Crippen LogP contribution in [0.5, 0.6) is 0 Å². The van der Waals surface area contributed by atoms with Crippen LogP contribution in [0.4, 0.5) is 0 Å². The third-order valence-corrected chi connectivity index (χ3v) is 7.78. The molecule has 1 aliphatic heterocycles. The van der Waals surface area contributed by atoms with Gasteiger partial charge in [0, 0.05) is 19.6 Å². The number of carbonyl (C=O) groups is 1. The number of fused-ring (bicyclic) bond motifs is 1. The van der Waals surface area contributed by atoms with Crippen molar-refractivity contribution in [1.29, 1.82) is 0 Å². The molecule has 30 heavy (non-hydrogen) atoms. The number of carbonyl (C=O) groups excluding carboxylic acids is 1. The molecule has 0 atom stereocenters. The fraction of sp³-hybridized carbons (Fsp3) is 0.619. The van der Waals surface area contributed by atoms with Gasteiger partial charge in [-0.15, -0.1) is 0 Å². The number of rotatable bonds is 7. The number of sulfonamides is 1. The van der Waals surface area contributed by atoms with E-state index in [0.29, 0.717) is 37.6 Å². The van der Waals surface area contributed by atoms with Crippen molar-refractivity contribution in [3.8, 4) is 0 Å². The van der Waals surface area contributed by atoms with E-state index in [2.05, 4.69) is 11.9 Å². The van der Waals surface area contributed by atoms with Crippen molar-refractivity contribution in [3.63, 3.8) is 0 Å². The Labute approximate surface area is 177 Å². The first-order chi connectivity index (χ1) is 14.5. The summed E-state index contributed by atoms with van der Waals surface area (Å²) >= 11 is 0. The van der Waals surface area contributed by atoms with E-state index >= 15 is 0 Å². The van der Waals surface area contributed by atoms with Crippen molar-refractivity contribution in [2.24, 2.45) is 5.92 Å². The highest BCUT2D eigenvalue weighted by Crippen LogP contribution is 2.27. The van der Waals surface area contributed by atoms with Gasteiger partial charge in [-0.25, -0.2) is 13.4 Å². The number of benzene rings is 1. The number of aromatic nitrogens is 2. The van der Waals surface area contributed by atoms with Crippen molar-refractivity contribution in [3.05, 3.63) is 24.0 Å². The van der Waals surface area contributed by atoms with E-state index in [1.807, 2.05) is 4.57 Å². The minimum atomic E-state index is -3.59. The van der Waals surface area contributed by atoms with Gasteiger partial charge in [0.2, 0.25) is 10.0 Å². The quantitative estimate of drug-likeness (QED) is 0.621. The van der Waals surface area contributed by atoms with Crippen LogP contribution < -0.4 is 0 Å². The highest BCUT2D eigenvalue weighted by atomic mass is 32.2. The van der Waals surface area contributed by atoms with Crippen LogP contribution in [0.3, 0.4) is 0 Å². The Morgan fingerprint density at radius 3 is 2.67 bits per heavy atom. The van der Waals surface area contributed by atoms with Gasteiger partial charge in [0.25, 0.3) is 0 Å². The largest absolute Gasteiger partial charge is 0.457 e. The van der Waals surface area contributed by atoms with Crippen LogP contribution in [0.1, 0.15) is 44.9 Å². The summed E-state index contributed by atoms with van der Waals surface area (Å²) in [5, 5.41) is 0. The van der Waals surface area contributed by atoms with Crippen LogP contribution in [0.25, 0.3) is 11.0 Å². The Kier molecular flexibility index (Phi) is 6.40. The minimum Gasteiger partial charge on any atom is -0.457 e. The molecule has 0 radical (unpaired) electrons. The highest BCUT2D eigenvalue weighted by molar-refractivity contribution is 7.89. The predicted octanol–water partition coefficient (Wildman–Crippen LogP) is 2.70. The van der Waals surface area contributed by atoms with Gasteiger partial charge in [0.15, 0.2) is 0 Å². The fourth-order valence-electron chi connectivity index (χ4n) is 4.25. The Morgan fingerprint density at radius 2 is 1.97 bits per heavy atom. The third-order valence-electron chi connectivity index (χ3n) is 5.89. The molecule has 2 aliphatic rings. The number of aryl methyl sites for hydroxylation is 1. The first-order valence-corrected chi connectivity index (χ1v) is 12.2. The summed E-state index contributed by atoms with van der Waals surface area (Å²) in [7, 11) is -3.59. The Morgan fingerprint density at radius 1 is 1.23 bits per heavy atom. The standard InChI is InChI=1S/C21H29N3O5S/c1-2-9-24-19-8-7-17(30(26,27)23-10-12-28-13-11-23)14-18(19)22-20(24)15-29-21(25)16-5-3-4-6-16/h7-8,14,16H,2-6,9-13,15H2,1H3. The maximum Gasteiger partial charge on any atom is 0.309 e. The molecule has 2 aromatic rings. The molecular formula is C21H29N3O5S. The van der Waals surface area contributed by atoms with Crippen molar-refractivity contribution in [1.82, 2.24) is 13.9 Å². The molecule has 1 aromatic carbocycles. The van der Waals surface area contributed by atoms with E-state index in [1.54, 1.807) is 18.2 Å². The zero-order valence-corrected chi connectivity index (χ0v) is 18.2. The number of hydrogen-bond acceptors (Lipinski definition) is 6. The van der Waals surface area contributed by atoms with Gasteiger partial charge in [-0.05, 0) is 37.5 Å². The summed E-state index contributed by atoms with van der Waals surface area (Å²) < 4.78 is 40.2. The van der Waals surface area contributed by atoms with Gasteiger partial charge in [0.05, 0.1) is 35.1 Å². The van der Waals surface area contributed by atoms with E-state index < -0.39 is 10.0 Å². The summed E-state index contributed by atoms with van der Waals surface area (Å²) in [4.78, 5) is 17.2. The van der Waals surface area contributed by atoms with Crippen LogP contribution in [0.2, 0.25) is 0 Å². The summed E-state index contributed by atoms with van der Waals surface area (Å²) in [6.07, 6.45) is 4.84. The Balaban J connectivity index is 1.59. The average molecular weight is 436 g/mol. The SMILES string of the molecule is CCCn1c(COC(=O)C2CCCC2)nc2cc(S(=O)(=O)N3CCOCC3)ccc21. The van der Waals surface area contributed by atoms with Crippen molar-refractivity contribution >= 4 is 27.0 Å². The Bertz CT molecular complexity index is 1010. The van der Waals surface area contributed by atoms with Gasteiger partial charge < -0.3 is 14.0 Å². The summed E-state index contributed by atoms with van der Waals surface area (Å²) in [6, 6.07) is 5.05. The molecule has 0 unspecified atom stereocenters. The second kappa shape index (κ2) is 9.03. The lowest BCUT2D eigenvalue weighted by atomic mass is 10.1. The normalized spacial score (nSPS) is 18.8. The number of esters is 1. The molecule has 0 amide bonds. The first-order valence-electron chi connectivity index (χ1n) is 10.7. The maximum atomic E-state index is 13.0. The minimum absolute atomic E-state index is 0.000675. The summed E-state index contributed by atoms with van der Waals surface area (Å²) in [5.41, 5.74) is 1.45. The molecule has 164 valence electrons. The molecule has 2 heterocycles. The highest BCUT2D eigenvalue weighted by Gasteiger charge is 2.28. The third kappa shape index (κ3) is 4.24. The number of ether oxygens (including phenoxy) is 2. The van der Waals surface area contributed by atoms with E-state index in [-0.39, 0.29) is 23.4 Å². The lowest BCUT2D eigenvalue weighted by Crippen LogP contribution is -2.40. The molecule has 2 fully saturated rings. The lowest BCUT2D eigenvalue weighted by molar-refractivity contribution is -0.150. The molecule has 1 aromatic heterocycles. The maximum absolute atomic E-state index is 13.0. The van der Waals surface area contributed by atoms with Crippen molar-refractivity contribution in [2.75, 3.05) is 26.3 Å². The predicted molar refractivity (Wildman–Crippen MR) is 111 cm³/mol. The number of morpholine rings is 1. The summed E-state index contributed by atoms with van der Waals surface area (Å²) in [6.45, 7) is 4.42. The van der Waals surface area contributed by atoms with Crippen molar-refractivity contribution in [2.45, 2.75) is 57.1 Å². The topological polar surface area (TPSA) is 90.7 Å². The summed E-state index contributed by atoms with van der Waals surface area (Å²) in [5.74, 6) is 0.497. The molecule has 1 saturated heterocycles. The zero-order valence-electron chi connectivity index (χ0n) is 17.4. The number of nitrogens with zero attached hydrogens (tertiary/aromatic N) is 3. The average Bonchev–Trinajstić information content (AvgIpc) is 3.41. The fourth-order valence-corrected chi connectivity index (χ4v) is 5.68. The van der Waals surface area contributed by atoms with Gasteiger partial charge in [-0.3, -0.25) is 4.79 Å². The van der Waals surface area contributed by atoms with Crippen LogP contribution in [-0.2, 0) is 37.4 Å². The second-order valence-electron chi connectivity index (χ2n) is 7.94. The van der Waals surface area contributed by atoms with Gasteiger partial charge in [-0.1, -0.05) is 19.8 Å². The van der Waals surface area contributed by atoms with Gasteiger partial charge in [-0.2, -0.15) is 4.31 Å². The van der Waals surface area contributed by atoms with Crippen LogP contribution in [0.15, 0.2) is 23.1 Å². The molecule has 9 heteroatoms. The van der Waals surface area contributed by atoms with Crippen LogP contribution >= 0.6 is 0 Å². The molecule has 0 spiro atoms. The second-order valence-corrected chi connectivity index (χ2v) is 9.87. The van der Waals surface area contributed by atoms with Gasteiger partial charge >= 0.3 is 5.97 Å². The Hall–Kier alpha value is -1.97. The molecular weight excluding hydrogens is 406 g/mol. The first kappa shape index (κ1) is 21.3. The molecule has 1 aliphatic carbocycles. The van der Waals surface area contributed by atoms with E-state index in [1.165, 1.54) is 4.31 Å². The van der Waals surface area contributed by atoms with Crippen molar-refractivity contribution < 1.29 is 22.7 Å². The molecule has 8 nitrogen and oxygen atoms in total. The van der Waals surface area contributed by atoms with E-state index in [9.17, 15) is 13.2 Å². The van der Waals surface area contributed by atoms with E-state index in [0.717, 1.165) is 44.2 Å². The zero-order chi connectivity index (χ0) is 21.1. The van der Waals surface area contributed by atoms with E-state index in [4.69, 9.17) is 9.47 Å². The molecule has 1 saturated carbocycles. The lowest BCUT2D eigenvalue weighted by Gasteiger charge is -2.26. The molecule has 0 bridgehead atoms. The molecule has 0 N–H and O–H groups in total.